The second-order valence-corrected chi connectivity index (χ2v) is 1.61. The highest BCUT2D eigenvalue weighted by atomic mass is 15.0. The third kappa shape index (κ3) is 1.44. The fourth-order valence-electron chi connectivity index (χ4n) is 0.513. The first-order chi connectivity index (χ1) is 3.89. The van der Waals surface area contributed by atoms with Crippen molar-refractivity contribution in [3.05, 3.63) is 12.3 Å². The monoisotopic (exact) mass is 111 g/mol. The molecule has 44 valence electrons. The number of nitrogens with zero attached hydrogens (tertiary/aromatic N) is 1. The summed E-state index contributed by atoms with van der Waals surface area (Å²) in [5.41, 5.74) is 5.46. The van der Waals surface area contributed by atoms with E-state index in [0.717, 1.165) is 6.54 Å². The molecule has 3 nitrogen and oxygen atoms in total. The van der Waals surface area contributed by atoms with Gasteiger partial charge in [-0.25, -0.2) is 0 Å². The van der Waals surface area contributed by atoms with Crippen LogP contribution in [0.5, 0.6) is 0 Å². The molecular formula is C5H9N3. The zero-order valence-corrected chi connectivity index (χ0v) is 4.54. The Hall–Kier alpha value is -0.670. The number of aliphatic imine (C=N–C) groups is 1. The van der Waals surface area contributed by atoms with Gasteiger partial charge in [0.25, 0.3) is 0 Å². The van der Waals surface area contributed by atoms with Crippen molar-refractivity contribution < 1.29 is 0 Å². The average molecular weight is 111 g/mol. The molecular weight excluding hydrogens is 102 g/mol. The van der Waals surface area contributed by atoms with Crippen molar-refractivity contribution in [3.8, 4) is 0 Å². The molecule has 3 heteroatoms. The lowest BCUT2D eigenvalue weighted by Crippen LogP contribution is -2.35. The van der Waals surface area contributed by atoms with Gasteiger partial charge in [0.05, 0.1) is 6.17 Å². The minimum absolute atomic E-state index is 0.0301. The van der Waals surface area contributed by atoms with E-state index in [1.807, 2.05) is 6.08 Å². The molecule has 0 saturated carbocycles. The van der Waals surface area contributed by atoms with Gasteiger partial charge in [0.2, 0.25) is 0 Å². The van der Waals surface area contributed by atoms with Crippen LogP contribution in [0.2, 0.25) is 0 Å². The summed E-state index contributed by atoms with van der Waals surface area (Å²) < 4.78 is 0. The molecule has 1 unspecified atom stereocenters. The Bertz CT molecular complexity index is 117. The van der Waals surface area contributed by atoms with E-state index in [2.05, 4.69) is 10.3 Å². The molecule has 3 N–H and O–H groups in total. The largest absolute Gasteiger partial charge is 0.313 e. The van der Waals surface area contributed by atoms with E-state index in [9.17, 15) is 0 Å². The Labute approximate surface area is 48.3 Å². The zero-order chi connectivity index (χ0) is 5.82. The Balaban J connectivity index is 2.46. The van der Waals surface area contributed by atoms with Crippen LogP contribution in [0.15, 0.2) is 17.3 Å². The molecule has 1 rings (SSSR count). The van der Waals surface area contributed by atoms with Gasteiger partial charge in [-0.3, -0.25) is 10.3 Å². The van der Waals surface area contributed by atoms with Gasteiger partial charge < -0.3 is 5.73 Å². The Morgan fingerprint density at radius 1 is 1.75 bits per heavy atom. The SMILES string of the molecule is NC1C=CN=CCN1. The Morgan fingerprint density at radius 2 is 2.62 bits per heavy atom. The molecule has 8 heavy (non-hydrogen) atoms. The second kappa shape index (κ2) is 2.59. The topological polar surface area (TPSA) is 50.4 Å². The zero-order valence-electron chi connectivity index (χ0n) is 4.54. The van der Waals surface area contributed by atoms with Crippen molar-refractivity contribution in [3.63, 3.8) is 0 Å². The molecule has 0 radical (unpaired) electrons. The Kier molecular flexibility index (Phi) is 1.77. The van der Waals surface area contributed by atoms with Crippen molar-refractivity contribution in [2.24, 2.45) is 10.7 Å². The summed E-state index contributed by atoms with van der Waals surface area (Å²) in [5, 5.41) is 2.99. The number of hydrogen-bond acceptors (Lipinski definition) is 3. The van der Waals surface area contributed by atoms with Crippen LogP contribution in [0.25, 0.3) is 0 Å². The molecule has 0 aromatic rings. The van der Waals surface area contributed by atoms with Gasteiger partial charge in [0.1, 0.15) is 0 Å². The highest BCUT2D eigenvalue weighted by Crippen LogP contribution is 1.81. The van der Waals surface area contributed by atoms with Crippen molar-refractivity contribution in [1.82, 2.24) is 5.32 Å². The molecule has 0 spiro atoms. The number of nitrogens with two attached hydrogens (primary N) is 1. The standard InChI is InChI=1S/C5H9N3/c6-5-1-2-7-3-4-8-5/h1-3,5,8H,4,6H2. The number of hydrogen-bond donors (Lipinski definition) is 2. The summed E-state index contributed by atoms with van der Waals surface area (Å²) in [6.45, 7) is 0.758. The van der Waals surface area contributed by atoms with E-state index in [1.54, 1.807) is 12.4 Å². The minimum Gasteiger partial charge on any atom is -0.313 e. The molecule has 1 atom stereocenters. The second-order valence-electron chi connectivity index (χ2n) is 1.61. The minimum atomic E-state index is -0.0301. The van der Waals surface area contributed by atoms with Crippen LogP contribution in [0.1, 0.15) is 0 Å². The van der Waals surface area contributed by atoms with Crippen LogP contribution in [0, 0.1) is 0 Å². The first-order valence-electron chi connectivity index (χ1n) is 2.57. The van der Waals surface area contributed by atoms with Crippen LogP contribution in [-0.4, -0.2) is 18.9 Å². The van der Waals surface area contributed by atoms with E-state index in [0.29, 0.717) is 0 Å². The van der Waals surface area contributed by atoms with Crippen LogP contribution in [-0.2, 0) is 0 Å². The van der Waals surface area contributed by atoms with Gasteiger partial charge in [-0.1, -0.05) is 0 Å². The summed E-state index contributed by atoms with van der Waals surface area (Å²) in [4.78, 5) is 3.87. The molecule has 1 aliphatic rings. The third-order valence-electron chi connectivity index (χ3n) is 0.930. The molecule has 1 aliphatic heterocycles. The highest BCUT2D eigenvalue weighted by molar-refractivity contribution is 5.60. The maximum absolute atomic E-state index is 5.46. The predicted molar refractivity (Wildman–Crippen MR) is 33.6 cm³/mol. The maximum atomic E-state index is 5.46. The molecule has 0 amide bonds. The van der Waals surface area contributed by atoms with Gasteiger partial charge in [-0.2, -0.15) is 0 Å². The van der Waals surface area contributed by atoms with Crippen LogP contribution in [0.4, 0.5) is 0 Å². The highest BCUT2D eigenvalue weighted by Gasteiger charge is 1.93. The van der Waals surface area contributed by atoms with Gasteiger partial charge in [-0.05, 0) is 6.08 Å². The van der Waals surface area contributed by atoms with Gasteiger partial charge in [0, 0.05) is 19.0 Å². The smallest absolute Gasteiger partial charge is 0.0759 e. The van der Waals surface area contributed by atoms with E-state index >= 15 is 0 Å². The first-order valence-corrected chi connectivity index (χ1v) is 2.57. The van der Waals surface area contributed by atoms with E-state index in [-0.39, 0.29) is 6.17 Å². The van der Waals surface area contributed by atoms with E-state index in [1.165, 1.54) is 0 Å². The summed E-state index contributed by atoms with van der Waals surface area (Å²) in [5.74, 6) is 0. The first kappa shape index (κ1) is 5.47. The van der Waals surface area contributed by atoms with Gasteiger partial charge in [-0.15, -0.1) is 0 Å². The normalized spacial score (nSPS) is 27.9. The molecule has 0 fully saturated rings. The Morgan fingerprint density at radius 3 is 3.50 bits per heavy atom. The van der Waals surface area contributed by atoms with Crippen molar-refractivity contribution >= 4 is 6.21 Å². The summed E-state index contributed by atoms with van der Waals surface area (Å²) in [7, 11) is 0. The van der Waals surface area contributed by atoms with Crippen LogP contribution in [0.3, 0.4) is 0 Å². The summed E-state index contributed by atoms with van der Waals surface area (Å²) in [6, 6.07) is 0. The number of rotatable bonds is 0. The lowest BCUT2D eigenvalue weighted by Gasteiger charge is -2.01. The predicted octanol–water partition coefficient (Wildman–Crippen LogP) is -0.541. The molecule has 0 aromatic carbocycles. The third-order valence-corrected chi connectivity index (χ3v) is 0.930. The fourth-order valence-corrected chi connectivity index (χ4v) is 0.513. The molecule has 1 heterocycles. The quantitative estimate of drug-likeness (QED) is 0.441. The maximum Gasteiger partial charge on any atom is 0.0759 e. The average Bonchev–Trinajstić information content (AvgIpc) is 1.94. The summed E-state index contributed by atoms with van der Waals surface area (Å²) >= 11 is 0. The van der Waals surface area contributed by atoms with E-state index < -0.39 is 0 Å². The fraction of sp³-hybridized carbons (Fsp3) is 0.400. The lowest BCUT2D eigenvalue weighted by molar-refractivity contribution is 0.678. The molecule has 0 bridgehead atoms. The summed E-state index contributed by atoms with van der Waals surface area (Å²) in [6.07, 6.45) is 5.26. The van der Waals surface area contributed by atoms with Crippen LogP contribution < -0.4 is 11.1 Å². The van der Waals surface area contributed by atoms with Crippen LogP contribution >= 0.6 is 0 Å². The van der Waals surface area contributed by atoms with Gasteiger partial charge in [0.15, 0.2) is 0 Å². The van der Waals surface area contributed by atoms with Crippen molar-refractivity contribution in [2.75, 3.05) is 6.54 Å². The lowest BCUT2D eigenvalue weighted by atomic mass is 10.5. The molecule has 0 aromatic heterocycles. The van der Waals surface area contributed by atoms with E-state index in [4.69, 9.17) is 5.73 Å². The van der Waals surface area contributed by atoms with Gasteiger partial charge >= 0.3 is 0 Å². The molecule has 0 aliphatic carbocycles. The number of nitrogens with one attached hydrogen (secondary N) is 1. The van der Waals surface area contributed by atoms with Crippen molar-refractivity contribution in [1.29, 1.82) is 0 Å². The van der Waals surface area contributed by atoms with Crippen molar-refractivity contribution in [2.45, 2.75) is 6.17 Å². The molecule has 0 saturated heterocycles.